The molecule has 1 unspecified atom stereocenters. The lowest BCUT2D eigenvalue weighted by Crippen LogP contribution is -2.33. The van der Waals surface area contributed by atoms with Crippen LogP contribution in [0.15, 0.2) is 72.3 Å². The minimum Gasteiger partial charge on any atom is -0.493 e. The third-order valence-corrected chi connectivity index (χ3v) is 9.90. The van der Waals surface area contributed by atoms with Gasteiger partial charge in [-0.15, -0.1) is 0 Å². The zero-order chi connectivity index (χ0) is 31.5. The number of hydrogen-bond donors (Lipinski definition) is 0. The first-order valence-electron chi connectivity index (χ1n) is 17.1. The third kappa shape index (κ3) is 7.71. The molecule has 3 aromatic carbocycles. The van der Waals surface area contributed by atoms with Gasteiger partial charge in [-0.2, -0.15) is 5.26 Å². The Morgan fingerprint density at radius 3 is 1.96 bits per heavy atom. The van der Waals surface area contributed by atoms with Gasteiger partial charge in [-0.1, -0.05) is 118 Å². The monoisotopic (exact) mass is 602 g/mol. The van der Waals surface area contributed by atoms with Crippen molar-refractivity contribution in [3.05, 3.63) is 100 Å². The highest BCUT2D eigenvalue weighted by atomic mass is 16.5. The molecule has 0 aromatic heterocycles. The van der Waals surface area contributed by atoms with E-state index in [0.717, 1.165) is 63.7 Å². The molecule has 1 atom stereocenters. The van der Waals surface area contributed by atoms with Crippen molar-refractivity contribution in [1.29, 1.82) is 5.26 Å². The Kier molecular flexibility index (Phi) is 11.6. The maximum Gasteiger partial charge on any atom is 0.161 e. The molecule has 0 radical (unpaired) electrons. The van der Waals surface area contributed by atoms with Crippen molar-refractivity contribution < 1.29 is 9.47 Å². The van der Waals surface area contributed by atoms with Crippen LogP contribution in [0.5, 0.6) is 11.5 Å². The molecule has 0 bridgehead atoms. The van der Waals surface area contributed by atoms with E-state index in [0.29, 0.717) is 11.5 Å². The summed E-state index contributed by atoms with van der Waals surface area (Å²) in [5.74, 6) is 1.41. The Morgan fingerprint density at radius 1 is 0.733 bits per heavy atom. The zero-order valence-corrected chi connectivity index (χ0v) is 27.6. The van der Waals surface area contributed by atoms with E-state index in [9.17, 15) is 5.26 Å². The van der Waals surface area contributed by atoms with Gasteiger partial charge in [0.15, 0.2) is 11.5 Å². The van der Waals surface area contributed by atoms with Crippen molar-refractivity contribution in [2.24, 2.45) is 0 Å². The highest BCUT2D eigenvalue weighted by Gasteiger charge is 2.33. The molecule has 0 spiro atoms. The molecule has 236 valence electrons. The first kappa shape index (κ1) is 32.6. The first-order chi connectivity index (χ1) is 22.1. The number of piperidine rings is 1. The number of fused-ring (bicyclic) bond motifs is 2. The van der Waals surface area contributed by atoms with Gasteiger partial charge in [-0.25, -0.2) is 0 Å². The molecule has 1 heterocycles. The average molecular weight is 603 g/mol. The van der Waals surface area contributed by atoms with E-state index in [1.807, 2.05) is 12.1 Å². The topological polar surface area (TPSA) is 45.5 Å². The quantitative estimate of drug-likeness (QED) is 0.135. The van der Waals surface area contributed by atoms with Gasteiger partial charge in [-0.05, 0) is 84.2 Å². The van der Waals surface area contributed by atoms with Crippen LogP contribution in [0.4, 0.5) is 0 Å². The molecule has 2 aliphatic rings. The van der Waals surface area contributed by atoms with Crippen LogP contribution in [0.1, 0.15) is 105 Å². The van der Waals surface area contributed by atoms with E-state index in [1.165, 1.54) is 59.9 Å². The Balaban J connectivity index is 1.28. The van der Waals surface area contributed by atoms with Gasteiger partial charge in [0.1, 0.15) is 0 Å². The molecule has 3 aromatic rings. The summed E-state index contributed by atoms with van der Waals surface area (Å²) in [5.41, 5.74) is 8.83. The van der Waals surface area contributed by atoms with Gasteiger partial charge >= 0.3 is 0 Å². The lowest BCUT2D eigenvalue weighted by molar-refractivity contribution is 0.243. The van der Waals surface area contributed by atoms with E-state index < -0.39 is 5.41 Å². The van der Waals surface area contributed by atoms with Crippen LogP contribution in [0.2, 0.25) is 0 Å². The van der Waals surface area contributed by atoms with Gasteiger partial charge in [0.25, 0.3) is 0 Å². The molecule has 4 heteroatoms. The van der Waals surface area contributed by atoms with Crippen molar-refractivity contribution >= 4 is 17.7 Å². The number of unbranched alkanes of at least 4 members (excludes halogenated alkanes) is 5. The summed E-state index contributed by atoms with van der Waals surface area (Å²) in [6, 6.07) is 26.5. The van der Waals surface area contributed by atoms with Gasteiger partial charge in [0, 0.05) is 13.1 Å². The van der Waals surface area contributed by atoms with Gasteiger partial charge in [0.2, 0.25) is 0 Å². The Bertz CT molecular complexity index is 1470. The predicted octanol–water partition coefficient (Wildman–Crippen LogP) is 10.1. The number of rotatable bonds is 14. The number of nitrogens with zero attached hydrogens (tertiary/aromatic N) is 2. The van der Waals surface area contributed by atoms with E-state index in [2.05, 4.69) is 84.6 Å². The summed E-state index contributed by atoms with van der Waals surface area (Å²) in [6.45, 7) is 5.39. The molecule has 1 aliphatic carbocycles. The van der Waals surface area contributed by atoms with Gasteiger partial charge in [-0.3, -0.25) is 0 Å². The molecule has 4 nitrogen and oxygen atoms in total. The summed E-state index contributed by atoms with van der Waals surface area (Å²) >= 11 is 0. The molecule has 1 saturated heterocycles. The Hall–Kier alpha value is -3.81. The van der Waals surface area contributed by atoms with E-state index in [4.69, 9.17) is 9.47 Å². The van der Waals surface area contributed by atoms with Crippen LogP contribution < -0.4 is 9.47 Å². The van der Waals surface area contributed by atoms with Crippen molar-refractivity contribution in [3.63, 3.8) is 0 Å². The molecule has 1 fully saturated rings. The minimum atomic E-state index is -0.520. The predicted molar refractivity (Wildman–Crippen MR) is 188 cm³/mol. The molecule has 0 N–H and O–H groups in total. The second-order valence-corrected chi connectivity index (χ2v) is 12.7. The van der Waals surface area contributed by atoms with Crippen LogP contribution in [-0.4, -0.2) is 38.8 Å². The van der Waals surface area contributed by atoms with Crippen molar-refractivity contribution in [2.45, 2.75) is 83.0 Å². The van der Waals surface area contributed by atoms with E-state index >= 15 is 0 Å². The standard InChI is InChI=1S/C41H50N2O2/c1-4-5-6-7-8-13-25-41(31-42,35-21-22-38(44-2)39(30-35)45-3)26-14-27-43-28-23-34(24-29-43)40-36-17-11-9-15-32(36)19-20-33-16-10-12-18-37(33)40/h9-12,15-22,30H,4-8,13-14,23-29H2,1-3H3. The number of likely N-dealkylation sites (tertiary alicyclic amines) is 1. The summed E-state index contributed by atoms with van der Waals surface area (Å²) in [7, 11) is 3.34. The lowest BCUT2D eigenvalue weighted by atomic mass is 9.74. The lowest BCUT2D eigenvalue weighted by Gasteiger charge is -2.32. The summed E-state index contributed by atoms with van der Waals surface area (Å²) in [5, 5.41) is 10.7. The van der Waals surface area contributed by atoms with Crippen LogP contribution in [-0.2, 0) is 5.41 Å². The normalized spacial score (nSPS) is 15.9. The second-order valence-electron chi connectivity index (χ2n) is 12.7. The smallest absolute Gasteiger partial charge is 0.161 e. The fourth-order valence-electron chi connectivity index (χ4n) is 7.28. The van der Waals surface area contributed by atoms with E-state index in [-0.39, 0.29) is 0 Å². The SMILES string of the molecule is CCCCCCCCC(C#N)(CCCN1CCC(=C2c3ccccc3C=Cc3ccccc32)CC1)c1ccc(OC)c(OC)c1. The van der Waals surface area contributed by atoms with Crippen LogP contribution >= 0.6 is 0 Å². The number of nitriles is 1. The first-order valence-corrected chi connectivity index (χ1v) is 17.1. The molecule has 0 amide bonds. The fraction of sp³-hybridized carbons (Fsp3) is 0.439. The van der Waals surface area contributed by atoms with Crippen LogP contribution in [0, 0.1) is 11.3 Å². The molecule has 0 saturated carbocycles. The number of benzene rings is 3. The third-order valence-electron chi connectivity index (χ3n) is 9.90. The summed E-state index contributed by atoms with van der Waals surface area (Å²) in [6.07, 6.45) is 16.8. The minimum absolute atomic E-state index is 0.520. The van der Waals surface area contributed by atoms with Crippen molar-refractivity contribution in [3.8, 4) is 17.6 Å². The van der Waals surface area contributed by atoms with E-state index in [1.54, 1.807) is 19.8 Å². The number of methoxy groups -OCH3 is 2. The maximum atomic E-state index is 10.7. The highest BCUT2D eigenvalue weighted by Crippen LogP contribution is 2.41. The van der Waals surface area contributed by atoms with Gasteiger partial charge < -0.3 is 14.4 Å². The van der Waals surface area contributed by atoms with Crippen LogP contribution in [0.25, 0.3) is 17.7 Å². The number of hydrogen-bond acceptors (Lipinski definition) is 4. The van der Waals surface area contributed by atoms with Crippen molar-refractivity contribution in [1.82, 2.24) is 4.90 Å². The Labute approximate surface area is 271 Å². The summed E-state index contributed by atoms with van der Waals surface area (Å²) < 4.78 is 11.2. The highest BCUT2D eigenvalue weighted by molar-refractivity contribution is 5.94. The number of ether oxygens (including phenoxy) is 2. The van der Waals surface area contributed by atoms with Crippen molar-refractivity contribution in [2.75, 3.05) is 33.9 Å². The zero-order valence-electron chi connectivity index (χ0n) is 27.6. The molecule has 45 heavy (non-hydrogen) atoms. The molecular weight excluding hydrogens is 552 g/mol. The fourth-order valence-corrected chi connectivity index (χ4v) is 7.28. The van der Waals surface area contributed by atoms with Crippen LogP contribution in [0.3, 0.4) is 0 Å². The largest absolute Gasteiger partial charge is 0.493 e. The molecule has 5 rings (SSSR count). The molecule has 1 aliphatic heterocycles. The second kappa shape index (κ2) is 16.0. The summed E-state index contributed by atoms with van der Waals surface area (Å²) in [4.78, 5) is 2.61. The Morgan fingerprint density at radius 2 is 1.33 bits per heavy atom. The maximum absolute atomic E-state index is 10.7. The average Bonchev–Trinajstić information content (AvgIpc) is 3.26. The molecular formula is C41H50N2O2. The van der Waals surface area contributed by atoms with Gasteiger partial charge in [0.05, 0.1) is 25.7 Å².